The fourth-order valence-corrected chi connectivity index (χ4v) is 3.89. The lowest BCUT2D eigenvalue weighted by Crippen LogP contribution is -2.18. The molecule has 5 heteroatoms. The molecule has 0 radical (unpaired) electrons. The minimum absolute atomic E-state index is 0.0365. The molecule has 2 aromatic heterocycles. The van der Waals surface area contributed by atoms with E-state index in [0.29, 0.717) is 0 Å². The summed E-state index contributed by atoms with van der Waals surface area (Å²) < 4.78 is 2.00. The first-order valence-corrected chi connectivity index (χ1v) is 8.95. The van der Waals surface area contributed by atoms with Crippen LogP contribution in [0.2, 0.25) is 0 Å². The SMILES string of the molecule is Cc1cc(C)n(C[C@H]2CC(c3ccccc3-c3cccs3)=NO2)n1. The predicted molar refractivity (Wildman–Crippen MR) is 97.5 cm³/mol. The first kappa shape index (κ1) is 15.1. The summed E-state index contributed by atoms with van der Waals surface area (Å²) in [6.45, 7) is 4.81. The molecule has 1 aromatic carbocycles. The van der Waals surface area contributed by atoms with Gasteiger partial charge < -0.3 is 4.84 Å². The van der Waals surface area contributed by atoms with Crippen LogP contribution in [0, 0.1) is 13.8 Å². The number of thiophene rings is 1. The quantitative estimate of drug-likeness (QED) is 0.707. The van der Waals surface area contributed by atoms with Crippen molar-refractivity contribution in [3.05, 3.63) is 64.8 Å². The third-order valence-corrected chi connectivity index (χ3v) is 5.14. The maximum absolute atomic E-state index is 5.69. The number of oxime groups is 1. The van der Waals surface area contributed by atoms with Crippen molar-refractivity contribution in [2.75, 3.05) is 0 Å². The van der Waals surface area contributed by atoms with E-state index in [1.807, 2.05) is 11.6 Å². The van der Waals surface area contributed by atoms with Crippen LogP contribution in [0.15, 0.2) is 53.0 Å². The molecule has 0 aliphatic carbocycles. The molecule has 4 rings (SSSR count). The largest absolute Gasteiger partial charge is 0.390 e. The highest BCUT2D eigenvalue weighted by Crippen LogP contribution is 2.31. The molecule has 0 amide bonds. The summed E-state index contributed by atoms with van der Waals surface area (Å²) >= 11 is 1.75. The van der Waals surface area contributed by atoms with Crippen LogP contribution in [-0.4, -0.2) is 21.6 Å². The van der Waals surface area contributed by atoms with Gasteiger partial charge in [0.05, 0.1) is 18.0 Å². The van der Waals surface area contributed by atoms with Crippen LogP contribution >= 0.6 is 11.3 Å². The third-order valence-electron chi connectivity index (χ3n) is 4.24. The van der Waals surface area contributed by atoms with Gasteiger partial charge in [0.15, 0.2) is 6.10 Å². The Labute approximate surface area is 145 Å². The summed E-state index contributed by atoms with van der Waals surface area (Å²) in [7, 11) is 0. The predicted octanol–water partition coefficient (Wildman–Crippen LogP) is 4.42. The zero-order valence-electron chi connectivity index (χ0n) is 13.8. The molecule has 0 spiro atoms. The average Bonchev–Trinajstić information content (AvgIpc) is 3.30. The molecular weight excluding hydrogens is 318 g/mol. The van der Waals surface area contributed by atoms with E-state index in [2.05, 4.69) is 65.0 Å². The van der Waals surface area contributed by atoms with Crippen LogP contribution < -0.4 is 0 Å². The van der Waals surface area contributed by atoms with Crippen molar-refractivity contribution in [1.29, 1.82) is 0 Å². The van der Waals surface area contributed by atoms with Crippen LogP contribution in [0.1, 0.15) is 23.4 Å². The Bertz CT molecular complexity index is 880. The van der Waals surface area contributed by atoms with Crippen molar-refractivity contribution in [2.24, 2.45) is 5.16 Å². The second kappa shape index (κ2) is 6.24. The number of aromatic nitrogens is 2. The maximum atomic E-state index is 5.69. The minimum Gasteiger partial charge on any atom is -0.390 e. The van der Waals surface area contributed by atoms with Gasteiger partial charge in [0, 0.05) is 28.1 Å². The molecule has 3 aromatic rings. The van der Waals surface area contributed by atoms with E-state index >= 15 is 0 Å². The molecule has 4 nitrogen and oxygen atoms in total. The Morgan fingerprint density at radius 1 is 1.17 bits per heavy atom. The number of aryl methyl sites for hydroxylation is 2. The summed E-state index contributed by atoms with van der Waals surface area (Å²) in [5.74, 6) is 0. The monoisotopic (exact) mass is 337 g/mol. The molecule has 0 unspecified atom stereocenters. The standard InChI is InChI=1S/C19H19N3OS/c1-13-10-14(2)22(20-13)12-15-11-18(21-23-15)16-6-3-4-7-17(16)19-8-5-9-24-19/h3-10,15H,11-12H2,1-2H3/t15-/m1/s1. The van der Waals surface area contributed by atoms with Crippen molar-refractivity contribution in [3.63, 3.8) is 0 Å². The number of hydrogen-bond acceptors (Lipinski definition) is 4. The second-order valence-electron chi connectivity index (χ2n) is 6.10. The molecule has 3 heterocycles. The van der Waals surface area contributed by atoms with Gasteiger partial charge in [-0.05, 0) is 31.4 Å². The Morgan fingerprint density at radius 2 is 2.00 bits per heavy atom. The van der Waals surface area contributed by atoms with Crippen LogP contribution in [0.5, 0.6) is 0 Å². The summed E-state index contributed by atoms with van der Waals surface area (Å²) in [6, 6.07) is 14.7. The van der Waals surface area contributed by atoms with Gasteiger partial charge in [0.1, 0.15) is 0 Å². The summed E-state index contributed by atoms with van der Waals surface area (Å²) in [4.78, 5) is 6.95. The van der Waals surface area contributed by atoms with Gasteiger partial charge in [-0.1, -0.05) is 35.5 Å². The topological polar surface area (TPSA) is 39.4 Å². The summed E-state index contributed by atoms with van der Waals surface area (Å²) in [5.41, 5.74) is 5.60. The lowest BCUT2D eigenvalue weighted by atomic mass is 9.98. The molecule has 24 heavy (non-hydrogen) atoms. The van der Waals surface area contributed by atoms with Crippen molar-refractivity contribution in [3.8, 4) is 10.4 Å². The first-order chi connectivity index (χ1) is 11.7. The van der Waals surface area contributed by atoms with Crippen LogP contribution in [-0.2, 0) is 11.4 Å². The van der Waals surface area contributed by atoms with Gasteiger partial charge in [0.25, 0.3) is 0 Å². The normalized spacial score (nSPS) is 16.9. The smallest absolute Gasteiger partial charge is 0.152 e. The Balaban J connectivity index is 1.54. The van der Waals surface area contributed by atoms with Gasteiger partial charge in [-0.2, -0.15) is 5.10 Å². The van der Waals surface area contributed by atoms with E-state index in [-0.39, 0.29) is 6.10 Å². The molecule has 122 valence electrons. The lowest BCUT2D eigenvalue weighted by Gasteiger charge is -2.10. The second-order valence-corrected chi connectivity index (χ2v) is 7.05. The van der Waals surface area contributed by atoms with Crippen LogP contribution in [0.4, 0.5) is 0 Å². The molecule has 0 bridgehead atoms. The summed E-state index contributed by atoms with van der Waals surface area (Å²) in [5, 5.41) is 11.0. The van der Waals surface area contributed by atoms with E-state index in [1.54, 1.807) is 11.3 Å². The van der Waals surface area contributed by atoms with Gasteiger partial charge in [0.2, 0.25) is 0 Å². The number of benzene rings is 1. The average molecular weight is 337 g/mol. The van der Waals surface area contributed by atoms with Gasteiger partial charge in [-0.25, -0.2) is 0 Å². The van der Waals surface area contributed by atoms with E-state index < -0.39 is 0 Å². The highest BCUT2D eigenvalue weighted by molar-refractivity contribution is 7.13. The lowest BCUT2D eigenvalue weighted by molar-refractivity contribution is 0.0692. The van der Waals surface area contributed by atoms with E-state index in [4.69, 9.17) is 4.84 Å². The number of hydrogen-bond donors (Lipinski definition) is 0. The fourth-order valence-electron chi connectivity index (χ4n) is 3.12. The number of rotatable bonds is 4. The Kier molecular flexibility index (Phi) is 3.94. The van der Waals surface area contributed by atoms with Crippen LogP contribution in [0.25, 0.3) is 10.4 Å². The highest BCUT2D eigenvalue weighted by atomic mass is 32.1. The molecule has 1 aliphatic rings. The minimum atomic E-state index is 0.0365. The zero-order valence-corrected chi connectivity index (χ0v) is 14.6. The fraction of sp³-hybridized carbons (Fsp3) is 0.263. The third kappa shape index (κ3) is 2.87. The van der Waals surface area contributed by atoms with Crippen molar-refractivity contribution in [2.45, 2.75) is 32.9 Å². The number of nitrogens with zero attached hydrogens (tertiary/aromatic N) is 3. The van der Waals surface area contributed by atoms with E-state index in [1.165, 1.54) is 10.4 Å². The molecule has 0 N–H and O–H groups in total. The van der Waals surface area contributed by atoms with Gasteiger partial charge in [-0.3, -0.25) is 4.68 Å². The zero-order chi connectivity index (χ0) is 16.5. The van der Waals surface area contributed by atoms with Gasteiger partial charge >= 0.3 is 0 Å². The molecule has 0 saturated carbocycles. The first-order valence-electron chi connectivity index (χ1n) is 8.08. The van der Waals surface area contributed by atoms with Gasteiger partial charge in [-0.15, -0.1) is 11.3 Å². The molecule has 0 saturated heterocycles. The highest BCUT2D eigenvalue weighted by Gasteiger charge is 2.25. The van der Waals surface area contributed by atoms with Crippen molar-refractivity contribution in [1.82, 2.24) is 9.78 Å². The molecule has 1 atom stereocenters. The Hall–Kier alpha value is -2.40. The molecular formula is C19H19N3OS. The maximum Gasteiger partial charge on any atom is 0.152 e. The van der Waals surface area contributed by atoms with E-state index in [0.717, 1.165) is 35.6 Å². The van der Waals surface area contributed by atoms with Crippen molar-refractivity contribution >= 4 is 17.0 Å². The Morgan fingerprint density at radius 3 is 2.71 bits per heavy atom. The molecule has 1 aliphatic heterocycles. The summed E-state index contributed by atoms with van der Waals surface area (Å²) in [6.07, 6.45) is 0.843. The van der Waals surface area contributed by atoms with Crippen LogP contribution in [0.3, 0.4) is 0 Å². The van der Waals surface area contributed by atoms with Crippen molar-refractivity contribution < 1.29 is 4.84 Å². The van der Waals surface area contributed by atoms with E-state index in [9.17, 15) is 0 Å². The molecule has 0 fully saturated rings.